The lowest BCUT2D eigenvalue weighted by Crippen LogP contribution is -2.10. The molecule has 2 rings (SSSR count). The molecule has 0 aliphatic rings. The standard InChI is InChI=1S/C13H13NO/c1-11-6-5-9-13(10-11)14(15)12-7-3-2-4-8-12/h2-10,15H,1H3. The molecule has 15 heavy (non-hydrogen) atoms. The van der Waals surface area contributed by atoms with E-state index >= 15 is 0 Å². The first-order valence-corrected chi connectivity index (χ1v) is 4.88. The van der Waals surface area contributed by atoms with E-state index in [2.05, 4.69) is 0 Å². The fraction of sp³-hybridized carbons (Fsp3) is 0.0769. The van der Waals surface area contributed by atoms with Crippen LogP contribution in [0.15, 0.2) is 54.6 Å². The number of hydrogen-bond acceptors (Lipinski definition) is 2. The number of anilines is 2. The summed E-state index contributed by atoms with van der Waals surface area (Å²) in [5, 5.41) is 11.1. The molecule has 0 radical (unpaired) electrons. The van der Waals surface area contributed by atoms with Crippen molar-refractivity contribution in [3.8, 4) is 0 Å². The maximum absolute atomic E-state index is 9.95. The summed E-state index contributed by atoms with van der Waals surface area (Å²) >= 11 is 0. The summed E-state index contributed by atoms with van der Waals surface area (Å²) < 4.78 is 0. The van der Waals surface area contributed by atoms with Gasteiger partial charge in [0.25, 0.3) is 0 Å². The Labute approximate surface area is 89.4 Å². The van der Waals surface area contributed by atoms with Gasteiger partial charge < -0.3 is 0 Å². The number of rotatable bonds is 2. The quantitative estimate of drug-likeness (QED) is 0.748. The minimum Gasteiger partial charge on any atom is -0.284 e. The number of aryl methyl sites for hydroxylation is 1. The van der Waals surface area contributed by atoms with Crippen molar-refractivity contribution < 1.29 is 5.21 Å². The Morgan fingerprint density at radius 1 is 0.867 bits per heavy atom. The van der Waals surface area contributed by atoms with Crippen LogP contribution in [0.3, 0.4) is 0 Å². The van der Waals surface area contributed by atoms with Crippen molar-refractivity contribution in [3.63, 3.8) is 0 Å². The van der Waals surface area contributed by atoms with Crippen LogP contribution in [0.2, 0.25) is 0 Å². The molecule has 2 nitrogen and oxygen atoms in total. The Kier molecular flexibility index (Phi) is 2.70. The molecule has 0 saturated carbocycles. The van der Waals surface area contributed by atoms with Gasteiger partial charge in [0.05, 0.1) is 11.4 Å². The third kappa shape index (κ3) is 2.17. The second-order valence-corrected chi connectivity index (χ2v) is 3.49. The molecular formula is C13H13NO. The van der Waals surface area contributed by atoms with Gasteiger partial charge in [-0.05, 0) is 36.8 Å². The molecule has 0 saturated heterocycles. The number of nitrogens with zero attached hydrogens (tertiary/aromatic N) is 1. The summed E-state index contributed by atoms with van der Waals surface area (Å²) in [6.45, 7) is 2.00. The molecule has 2 heteroatoms. The van der Waals surface area contributed by atoms with Crippen molar-refractivity contribution in [3.05, 3.63) is 60.2 Å². The van der Waals surface area contributed by atoms with Gasteiger partial charge in [0, 0.05) is 0 Å². The van der Waals surface area contributed by atoms with Gasteiger partial charge in [-0.15, -0.1) is 0 Å². The predicted octanol–water partition coefficient (Wildman–Crippen LogP) is 3.52. The lowest BCUT2D eigenvalue weighted by atomic mass is 10.2. The highest BCUT2D eigenvalue weighted by molar-refractivity contribution is 5.60. The molecule has 0 spiro atoms. The maximum Gasteiger partial charge on any atom is 0.0695 e. The minimum atomic E-state index is 0.767. The third-order valence-corrected chi connectivity index (χ3v) is 2.25. The third-order valence-electron chi connectivity index (χ3n) is 2.25. The van der Waals surface area contributed by atoms with E-state index in [1.807, 2.05) is 61.5 Å². The monoisotopic (exact) mass is 199 g/mol. The van der Waals surface area contributed by atoms with Gasteiger partial charge in [-0.25, -0.2) is 5.06 Å². The Balaban J connectivity index is 2.32. The van der Waals surface area contributed by atoms with Gasteiger partial charge in [-0.3, -0.25) is 5.21 Å². The summed E-state index contributed by atoms with van der Waals surface area (Å²) in [5.74, 6) is 0. The summed E-state index contributed by atoms with van der Waals surface area (Å²) in [7, 11) is 0. The summed E-state index contributed by atoms with van der Waals surface area (Å²) in [6, 6.07) is 17.2. The molecule has 76 valence electrons. The predicted molar refractivity (Wildman–Crippen MR) is 61.5 cm³/mol. The number of benzene rings is 2. The van der Waals surface area contributed by atoms with E-state index in [0.717, 1.165) is 16.9 Å². The molecule has 0 bridgehead atoms. The first-order chi connectivity index (χ1) is 7.27. The second-order valence-electron chi connectivity index (χ2n) is 3.49. The first-order valence-electron chi connectivity index (χ1n) is 4.88. The van der Waals surface area contributed by atoms with E-state index in [1.54, 1.807) is 0 Å². The van der Waals surface area contributed by atoms with Crippen molar-refractivity contribution in [2.75, 3.05) is 5.06 Å². The molecule has 0 aliphatic carbocycles. The van der Waals surface area contributed by atoms with Gasteiger partial charge in [0.15, 0.2) is 0 Å². The molecule has 0 heterocycles. The Morgan fingerprint density at radius 2 is 1.53 bits per heavy atom. The minimum absolute atomic E-state index is 0.767. The zero-order valence-electron chi connectivity index (χ0n) is 8.59. The van der Waals surface area contributed by atoms with Crippen molar-refractivity contribution in [2.45, 2.75) is 6.92 Å². The SMILES string of the molecule is Cc1cccc(N(O)c2ccccc2)c1. The van der Waals surface area contributed by atoms with Gasteiger partial charge in [-0.1, -0.05) is 30.3 Å². The zero-order valence-corrected chi connectivity index (χ0v) is 8.59. The molecule has 0 atom stereocenters. The highest BCUT2D eigenvalue weighted by atomic mass is 16.5. The molecule has 0 amide bonds. The van der Waals surface area contributed by atoms with Crippen LogP contribution in [0.4, 0.5) is 11.4 Å². The molecular weight excluding hydrogens is 186 g/mol. The lowest BCUT2D eigenvalue weighted by molar-refractivity contribution is 0.301. The second kappa shape index (κ2) is 4.15. The van der Waals surface area contributed by atoms with Crippen LogP contribution in [0.1, 0.15) is 5.56 Å². The molecule has 0 aliphatic heterocycles. The topological polar surface area (TPSA) is 23.5 Å². The van der Waals surface area contributed by atoms with Crippen LogP contribution in [-0.4, -0.2) is 5.21 Å². The summed E-state index contributed by atoms with van der Waals surface area (Å²) in [6.07, 6.45) is 0. The van der Waals surface area contributed by atoms with Gasteiger partial charge >= 0.3 is 0 Å². The fourth-order valence-corrected chi connectivity index (χ4v) is 1.48. The first kappa shape index (κ1) is 9.74. The van der Waals surface area contributed by atoms with Crippen molar-refractivity contribution in [2.24, 2.45) is 0 Å². The van der Waals surface area contributed by atoms with Crippen LogP contribution in [-0.2, 0) is 0 Å². The van der Waals surface area contributed by atoms with E-state index < -0.39 is 0 Å². The highest BCUT2D eigenvalue weighted by Crippen LogP contribution is 2.23. The van der Waals surface area contributed by atoms with E-state index in [0.29, 0.717) is 0 Å². The molecule has 0 unspecified atom stereocenters. The van der Waals surface area contributed by atoms with Crippen LogP contribution >= 0.6 is 0 Å². The number of hydrogen-bond donors (Lipinski definition) is 1. The molecule has 2 aromatic carbocycles. The lowest BCUT2D eigenvalue weighted by Gasteiger charge is -2.17. The van der Waals surface area contributed by atoms with Crippen molar-refractivity contribution in [1.29, 1.82) is 0 Å². The summed E-state index contributed by atoms with van der Waals surface area (Å²) in [5.41, 5.74) is 2.67. The van der Waals surface area contributed by atoms with Crippen LogP contribution in [0.25, 0.3) is 0 Å². The number of para-hydroxylation sites is 1. The molecule has 1 N–H and O–H groups in total. The van der Waals surface area contributed by atoms with E-state index in [1.165, 1.54) is 5.06 Å². The Morgan fingerprint density at radius 3 is 2.20 bits per heavy atom. The van der Waals surface area contributed by atoms with Crippen LogP contribution in [0.5, 0.6) is 0 Å². The zero-order chi connectivity index (χ0) is 10.7. The maximum atomic E-state index is 9.95. The van der Waals surface area contributed by atoms with Crippen molar-refractivity contribution >= 4 is 11.4 Å². The normalized spacial score (nSPS) is 10.0. The smallest absolute Gasteiger partial charge is 0.0695 e. The molecule has 0 fully saturated rings. The van der Waals surface area contributed by atoms with Gasteiger partial charge in [-0.2, -0.15) is 0 Å². The molecule has 2 aromatic rings. The van der Waals surface area contributed by atoms with Crippen LogP contribution in [0, 0.1) is 6.92 Å². The van der Waals surface area contributed by atoms with E-state index in [9.17, 15) is 5.21 Å². The molecule has 0 aromatic heterocycles. The van der Waals surface area contributed by atoms with E-state index in [4.69, 9.17) is 0 Å². The van der Waals surface area contributed by atoms with Crippen molar-refractivity contribution in [1.82, 2.24) is 0 Å². The Bertz CT molecular complexity index is 439. The van der Waals surface area contributed by atoms with Gasteiger partial charge in [0.2, 0.25) is 0 Å². The highest BCUT2D eigenvalue weighted by Gasteiger charge is 2.04. The average Bonchev–Trinajstić information content (AvgIpc) is 2.29. The van der Waals surface area contributed by atoms with Crippen LogP contribution < -0.4 is 5.06 Å². The van der Waals surface area contributed by atoms with Gasteiger partial charge in [0.1, 0.15) is 0 Å². The summed E-state index contributed by atoms with van der Waals surface area (Å²) in [4.78, 5) is 0. The fourth-order valence-electron chi connectivity index (χ4n) is 1.48. The van der Waals surface area contributed by atoms with E-state index in [-0.39, 0.29) is 0 Å². The Hall–Kier alpha value is -1.80. The largest absolute Gasteiger partial charge is 0.284 e. The average molecular weight is 199 g/mol.